The molecule has 2 rings (SSSR count). The van der Waals surface area contributed by atoms with E-state index >= 15 is 0 Å². The third kappa shape index (κ3) is 4.47. The Kier molecular flexibility index (Phi) is 6.21. The summed E-state index contributed by atoms with van der Waals surface area (Å²) >= 11 is 17.9. The van der Waals surface area contributed by atoms with Gasteiger partial charge in [0.1, 0.15) is 11.5 Å². The van der Waals surface area contributed by atoms with Crippen LogP contribution in [0.25, 0.3) is 0 Å². The lowest BCUT2D eigenvalue weighted by molar-refractivity contribution is -0.122. The molecular formula is C17H16Cl3NO3. The van der Waals surface area contributed by atoms with Crippen LogP contribution in [0, 0.1) is 6.92 Å². The Balaban J connectivity index is 2.13. The van der Waals surface area contributed by atoms with E-state index in [1.165, 1.54) is 7.11 Å². The summed E-state index contributed by atoms with van der Waals surface area (Å²) in [6, 6.07) is 8.18. The highest BCUT2D eigenvalue weighted by atomic mass is 35.5. The van der Waals surface area contributed by atoms with Gasteiger partial charge in [-0.3, -0.25) is 4.79 Å². The number of hydrogen-bond donors (Lipinski definition) is 1. The van der Waals surface area contributed by atoms with Gasteiger partial charge in [0.25, 0.3) is 5.91 Å². The number of rotatable bonds is 5. The van der Waals surface area contributed by atoms with Gasteiger partial charge in [-0.1, -0.05) is 34.8 Å². The van der Waals surface area contributed by atoms with Crippen LogP contribution in [-0.2, 0) is 4.79 Å². The summed E-state index contributed by atoms with van der Waals surface area (Å²) in [5, 5.41) is 4.15. The third-order valence-corrected chi connectivity index (χ3v) is 4.24. The van der Waals surface area contributed by atoms with Gasteiger partial charge in [0.15, 0.2) is 6.10 Å². The number of carbonyl (C=O) groups excluding carboxylic acids is 1. The first kappa shape index (κ1) is 18.7. The van der Waals surface area contributed by atoms with Gasteiger partial charge in [0.2, 0.25) is 0 Å². The summed E-state index contributed by atoms with van der Waals surface area (Å²) in [6.07, 6.45) is -0.774. The Morgan fingerprint density at radius 2 is 1.79 bits per heavy atom. The molecule has 0 heterocycles. The highest BCUT2D eigenvalue weighted by Gasteiger charge is 2.18. The molecular weight excluding hydrogens is 373 g/mol. The Morgan fingerprint density at radius 3 is 2.42 bits per heavy atom. The van der Waals surface area contributed by atoms with Crippen molar-refractivity contribution in [3.63, 3.8) is 0 Å². The Morgan fingerprint density at radius 1 is 1.08 bits per heavy atom. The van der Waals surface area contributed by atoms with Gasteiger partial charge in [-0.15, -0.1) is 0 Å². The molecule has 4 nitrogen and oxygen atoms in total. The molecule has 0 aliphatic rings. The second kappa shape index (κ2) is 7.97. The average Bonchev–Trinajstić information content (AvgIpc) is 2.53. The van der Waals surface area contributed by atoms with Crippen LogP contribution in [0.3, 0.4) is 0 Å². The van der Waals surface area contributed by atoms with Crippen molar-refractivity contribution in [2.45, 2.75) is 20.0 Å². The summed E-state index contributed by atoms with van der Waals surface area (Å²) < 4.78 is 10.8. The van der Waals surface area contributed by atoms with Crippen molar-refractivity contribution in [2.24, 2.45) is 0 Å². The zero-order chi connectivity index (χ0) is 17.9. The number of amides is 1. The van der Waals surface area contributed by atoms with E-state index in [9.17, 15) is 4.79 Å². The molecule has 0 fully saturated rings. The van der Waals surface area contributed by atoms with Crippen LogP contribution in [0.5, 0.6) is 11.5 Å². The Labute approximate surface area is 155 Å². The molecule has 0 aliphatic heterocycles. The number of benzene rings is 2. The maximum Gasteiger partial charge on any atom is 0.265 e. The molecule has 128 valence electrons. The summed E-state index contributed by atoms with van der Waals surface area (Å²) in [5.74, 6) is 0.500. The topological polar surface area (TPSA) is 47.6 Å². The fraction of sp³-hybridized carbons (Fsp3) is 0.235. The molecule has 0 spiro atoms. The molecule has 1 N–H and O–H groups in total. The molecule has 1 atom stereocenters. The first-order valence-electron chi connectivity index (χ1n) is 7.08. The van der Waals surface area contributed by atoms with Gasteiger partial charge in [0, 0.05) is 16.1 Å². The lowest BCUT2D eigenvalue weighted by Gasteiger charge is -2.17. The average molecular weight is 389 g/mol. The molecule has 1 amide bonds. The SMILES string of the molecule is COc1cc(Cl)c(C)cc1NC(=O)[C@H](C)Oc1ccc(Cl)cc1Cl. The Bertz CT molecular complexity index is 765. The van der Waals surface area contributed by atoms with Crippen LogP contribution in [0.4, 0.5) is 5.69 Å². The largest absolute Gasteiger partial charge is 0.495 e. The van der Waals surface area contributed by atoms with Crippen LogP contribution < -0.4 is 14.8 Å². The predicted molar refractivity (Wildman–Crippen MR) is 97.9 cm³/mol. The van der Waals surface area contributed by atoms with Crippen molar-refractivity contribution in [1.82, 2.24) is 0 Å². The van der Waals surface area contributed by atoms with Crippen LogP contribution >= 0.6 is 34.8 Å². The summed E-state index contributed by atoms with van der Waals surface area (Å²) in [4.78, 5) is 12.4. The molecule has 2 aromatic carbocycles. The number of hydrogen-bond acceptors (Lipinski definition) is 3. The minimum absolute atomic E-state index is 0.335. The molecule has 0 radical (unpaired) electrons. The minimum atomic E-state index is -0.774. The van der Waals surface area contributed by atoms with Crippen LogP contribution in [-0.4, -0.2) is 19.1 Å². The summed E-state index contributed by atoms with van der Waals surface area (Å²) in [7, 11) is 1.50. The highest BCUT2D eigenvalue weighted by molar-refractivity contribution is 6.35. The van der Waals surface area contributed by atoms with Crippen LogP contribution in [0.2, 0.25) is 15.1 Å². The number of methoxy groups -OCH3 is 1. The fourth-order valence-electron chi connectivity index (χ4n) is 1.98. The van der Waals surface area contributed by atoms with Crippen molar-refractivity contribution in [1.29, 1.82) is 0 Å². The maximum atomic E-state index is 12.4. The highest BCUT2D eigenvalue weighted by Crippen LogP contribution is 2.32. The van der Waals surface area contributed by atoms with Crippen molar-refractivity contribution >= 4 is 46.4 Å². The van der Waals surface area contributed by atoms with E-state index in [1.54, 1.807) is 37.3 Å². The van der Waals surface area contributed by atoms with E-state index in [2.05, 4.69) is 5.32 Å². The van der Waals surface area contributed by atoms with Gasteiger partial charge in [0.05, 0.1) is 17.8 Å². The molecule has 0 bridgehead atoms. The second-order valence-electron chi connectivity index (χ2n) is 5.13. The quantitative estimate of drug-likeness (QED) is 0.749. The third-order valence-electron chi connectivity index (χ3n) is 3.31. The van der Waals surface area contributed by atoms with Crippen molar-refractivity contribution in [3.8, 4) is 11.5 Å². The number of nitrogens with one attached hydrogen (secondary N) is 1. The number of halogens is 3. The van der Waals surface area contributed by atoms with Crippen LogP contribution in [0.1, 0.15) is 12.5 Å². The zero-order valence-electron chi connectivity index (χ0n) is 13.3. The first-order chi connectivity index (χ1) is 11.3. The van der Waals surface area contributed by atoms with E-state index in [4.69, 9.17) is 44.3 Å². The number of anilines is 1. The smallest absolute Gasteiger partial charge is 0.265 e. The van der Waals surface area contributed by atoms with Crippen molar-refractivity contribution in [2.75, 3.05) is 12.4 Å². The molecule has 24 heavy (non-hydrogen) atoms. The monoisotopic (exact) mass is 387 g/mol. The van der Waals surface area contributed by atoms with E-state index in [0.717, 1.165) is 5.56 Å². The standard InChI is InChI=1S/C17H16Cl3NO3/c1-9-6-14(16(23-3)8-12(9)19)21-17(22)10(2)24-15-5-4-11(18)7-13(15)20/h4-8,10H,1-3H3,(H,21,22)/t10-/m0/s1. The van der Waals surface area contributed by atoms with Gasteiger partial charge in [-0.2, -0.15) is 0 Å². The van der Waals surface area contributed by atoms with Gasteiger partial charge >= 0.3 is 0 Å². The van der Waals surface area contributed by atoms with Crippen molar-refractivity contribution < 1.29 is 14.3 Å². The second-order valence-corrected chi connectivity index (χ2v) is 6.38. The lowest BCUT2D eigenvalue weighted by Crippen LogP contribution is -2.30. The molecule has 7 heteroatoms. The molecule has 0 saturated heterocycles. The van der Waals surface area contributed by atoms with E-state index in [1.807, 2.05) is 6.92 Å². The first-order valence-corrected chi connectivity index (χ1v) is 8.22. The van der Waals surface area contributed by atoms with E-state index in [0.29, 0.717) is 32.3 Å². The van der Waals surface area contributed by atoms with Crippen molar-refractivity contribution in [3.05, 3.63) is 51.0 Å². The summed E-state index contributed by atoms with van der Waals surface area (Å²) in [5.41, 5.74) is 1.34. The molecule has 0 unspecified atom stereocenters. The normalized spacial score (nSPS) is 11.8. The maximum absolute atomic E-state index is 12.4. The van der Waals surface area contributed by atoms with E-state index in [-0.39, 0.29) is 5.91 Å². The minimum Gasteiger partial charge on any atom is -0.495 e. The zero-order valence-corrected chi connectivity index (χ0v) is 15.6. The number of ether oxygens (including phenoxy) is 2. The molecule has 0 aliphatic carbocycles. The fourth-order valence-corrected chi connectivity index (χ4v) is 2.59. The number of aryl methyl sites for hydroxylation is 1. The Hall–Kier alpha value is -1.62. The summed E-state index contributed by atoms with van der Waals surface area (Å²) in [6.45, 7) is 3.46. The van der Waals surface area contributed by atoms with Crippen LogP contribution in [0.15, 0.2) is 30.3 Å². The van der Waals surface area contributed by atoms with Gasteiger partial charge in [-0.25, -0.2) is 0 Å². The van der Waals surface area contributed by atoms with E-state index < -0.39 is 6.10 Å². The molecule has 0 saturated carbocycles. The lowest BCUT2D eigenvalue weighted by atomic mass is 10.2. The number of carbonyl (C=O) groups is 1. The van der Waals surface area contributed by atoms with Gasteiger partial charge in [-0.05, 0) is 43.7 Å². The van der Waals surface area contributed by atoms with Gasteiger partial charge < -0.3 is 14.8 Å². The molecule has 2 aromatic rings. The predicted octanol–water partition coefficient (Wildman–Crippen LogP) is 5.37. The molecule has 0 aromatic heterocycles.